The summed E-state index contributed by atoms with van der Waals surface area (Å²) in [6.07, 6.45) is 9.27. The van der Waals surface area contributed by atoms with Crippen LogP contribution in [0.1, 0.15) is 57.7 Å². The van der Waals surface area contributed by atoms with Crippen molar-refractivity contribution in [1.29, 1.82) is 0 Å². The number of hydrogen-bond donors (Lipinski definition) is 1. The minimum Gasteiger partial charge on any atom is -0.388 e. The highest BCUT2D eigenvalue weighted by molar-refractivity contribution is 7.71. The number of nitrogens with zero attached hydrogens (tertiary/aromatic N) is 4. The lowest BCUT2D eigenvalue weighted by Gasteiger charge is -2.36. The quantitative estimate of drug-likeness (QED) is 0.817. The van der Waals surface area contributed by atoms with Crippen LogP contribution >= 0.6 is 12.2 Å². The molecule has 124 valence electrons. The van der Waals surface area contributed by atoms with Crippen molar-refractivity contribution in [3.05, 3.63) is 10.6 Å². The van der Waals surface area contributed by atoms with Crippen LogP contribution in [0.2, 0.25) is 0 Å². The predicted octanol–water partition coefficient (Wildman–Crippen LogP) is 2.83. The predicted molar refractivity (Wildman–Crippen MR) is 88.9 cm³/mol. The lowest BCUT2D eigenvalue weighted by atomic mass is 9.84. The van der Waals surface area contributed by atoms with Gasteiger partial charge in [-0.1, -0.05) is 13.3 Å². The smallest absolute Gasteiger partial charge is 0.198 e. The van der Waals surface area contributed by atoms with E-state index in [9.17, 15) is 5.11 Å². The van der Waals surface area contributed by atoms with E-state index in [1.807, 2.05) is 16.3 Å². The largest absolute Gasteiger partial charge is 0.388 e. The first-order valence-corrected chi connectivity index (χ1v) is 9.04. The van der Waals surface area contributed by atoms with E-state index in [1.54, 1.807) is 0 Å². The van der Waals surface area contributed by atoms with Crippen molar-refractivity contribution < 1.29 is 5.11 Å². The number of rotatable bonds is 6. The van der Waals surface area contributed by atoms with Crippen molar-refractivity contribution in [2.45, 2.75) is 77.2 Å². The van der Waals surface area contributed by atoms with Crippen LogP contribution in [0.4, 0.5) is 0 Å². The summed E-state index contributed by atoms with van der Waals surface area (Å²) in [7, 11) is 1.88. The zero-order chi connectivity index (χ0) is 15.7. The van der Waals surface area contributed by atoms with Crippen molar-refractivity contribution >= 4 is 12.2 Å². The van der Waals surface area contributed by atoms with Gasteiger partial charge in [-0.15, -0.1) is 0 Å². The van der Waals surface area contributed by atoms with Crippen molar-refractivity contribution in [3.63, 3.8) is 0 Å². The summed E-state index contributed by atoms with van der Waals surface area (Å²) in [5.74, 6) is 1.57. The Balaban J connectivity index is 1.72. The highest BCUT2D eigenvalue weighted by Gasteiger charge is 2.36. The maximum atomic E-state index is 9.36. The van der Waals surface area contributed by atoms with Gasteiger partial charge in [0.05, 0.1) is 6.67 Å². The van der Waals surface area contributed by atoms with Gasteiger partial charge >= 0.3 is 0 Å². The van der Waals surface area contributed by atoms with Crippen LogP contribution in [0.15, 0.2) is 0 Å². The maximum Gasteiger partial charge on any atom is 0.198 e. The maximum absolute atomic E-state index is 9.36. The van der Waals surface area contributed by atoms with Crippen molar-refractivity contribution in [2.24, 2.45) is 13.0 Å². The first kappa shape index (κ1) is 16.1. The summed E-state index contributed by atoms with van der Waals surface area (Å²) in [5.41, 5.74) is 0. The zero-order valence-electron chi connectivity index (χ0n) is 13.7. The van der Waals surface area contributed by atoms with Gasteiger partial charge in [-0.05, 0) is 56.7 Å². The molecule has 0 unspecified atom stereocenters. The van der Waals surface area contributed by atoms with E-state index in [2.05, 4.69) is 16.9 Å². The number of aliphatic hydroxyl groups is 1. The Morgan fingerprint density at radius 3 is 2.23 bits per heavy atom. The van der Waals surface area contributed by atoms with Gasteiger partial charge in [0.25, 0.3) is 0 Å². The number of aromatic nitrogens is 3. The van der Waals surface area contributed by atoms with E-state index in [1.165, 1.54) is 44.9 Å². The van der Waals surface area contributed by atoms with Crippen LogP contribution in [-0.4, -0.2) is 36.4 Å². The Morgan fingerprint density at radius 1 is 1.18 bits per heavy atom. The molecule has 1 aromatic heterocycles. The molecule has 0 amide bonds. The van der Waals surface area contributed by atoms with Crippen LogP contribution in [0, 0.1) is 10.7 Å². The lowest BCUT2D eigenvalue weighted by molar-refractivity contribution is 0.0886. The fourth-order valence-corrected chi connectivity index (χ4v) is 3.94. The minimum atomic E-state index is -0.0574. The van der Waals surface area contributed by atoms with Gasteiger partial charge in [-0.3, -0.25) is 4.90 Å². The second-order valence-electron chi connectivity index (χ2n) is 6.89. The van der Waals surface area contributed by atoms with Gasteiger partial charge in [0.15, 0.2) is 10.6 Å². The molecular weight excluding hydrogens is 296 g/mol. The molecule has 6 heteroatoms. The molecule has 0 aromatic carbocycles. The van der Waals surface area contributed by atoms with Crippen LogP contribution in [-0.2, 0) is 20.3 Å². The molecule has 2 fully saturated rings. The average molecular weight is 324 g/mol. The summed E-state index contributed by atoms with van der Waals surface area (Å²) < 4.78 is 4.41. The van der Waals surface area contributed by atoms with Gasteiger partial charge in [0.2, 0.25) is 0 Å². The molecule has 3 rings (SSSR count). The van der Waals surface area contributed by atoms with E-state index in [0.29, 0.717) is 22.7 Å². The van der Waals surface area contributed by atoms with E-state index >= 15 is 0 Å². The van der Waals surface area contributed by atoms with Gasteiger partial charge in [-0.25, -0.2) is 4.68 Å². The third-order valence-electron chi connectivity index (χ3n) is 5.45. The summed E-state index contributed by atoms with van der Waals surface area (Å²) in [6.45, 7) is 3.03. The summed E-state index contributed by atoms with van der Waals surface area (Å²) in [4.78, 5) is 2.62. The second kappa shape index (κ2) is 6.81. The Morgan fingerprint density at radius 2 is 1.77 bits per heavy atom. The second-order valence-corrected chi connectivity index (χ2v) is 7.25. The molecule has 22 heavy (non-hydrogen) atoms. The zero-order valence-corrected chi connectivity index (χ0v) is 14.6. The molecule has 2 aliphatic carbocycles. The Hall–Kier alpha value is -0.720. The van der Waals surface area contributed by atoms with Gasteiger partial charge in [0.1, 0.15) is 6.61 Å². The fraction of sp³-hybridized carbons (Fsp3) is 0.875. The van der Waals surface area contributed by atoms with E-state index < -0.39 is 0 Å². The Labute approximate surface area is 137 Å². The molecule has 2 saturated carbocycles. The number of hydrogen-bond acceptors (Lipinski definition) is 4. The molecule has 5 nitrogen and oxygen atoms in total. The normalized spacial score (nSPS) is 25.8. The minimum absolute atomic E-state index is 0.0574. The van der Waals surface area contributed by atoms with Gasteiger partial charge in [0, 0.05) is 19.1 Å². The summed E-state index contributed by atoms with van der Waals surface area (Å²) >= 11 is 5.47. The monoisotopic (exact) mass is 324 g/mol. The molecule has 1 heterocycles. The van der Waals surface area contributed by atoms with Crippen LogP contribution in [0.25, 0.3) is 0 Å². The standard InChI is InChI=1S/C16H28N4OS/c1-3-12-4-6-13(7-5-12)19(14-8-9-14)11-20-16(22)18(2)15(10-21)17-20/h12-14,21H,3-11H2,1-2H3. The Bertz CT molecular complexity index is 555. The van der Waals surface area contributed by atoms with Crippen molar-refractivity contribution in [1.82, 2.24) is 19.2 Å². The third-order valence-corrected chi connectivity index (χ3v) is 5.93. The van der Waals surface area contributed by atoms with Crippen LogP contribution in [0.3, 0.4) is 0 Å². The van der Waals surface area contributed by atoms with E-state index in [-0.39, 0.29) is 6.61 Å². The van der Waals surface area contributed by atoms with Gasteiger partial charge in [-0.2, -0.15) is 5.10 Å². The molecule has 1 N–H and O–H groups in total. The highest BCUT2D eigenvalue weighted by Crippen LogP contribution is 2.36. The molecule has 0 aliphatic heterocycles. The first-order valence-electron chi connectivity index (χ1n) is 8.63. The first-order chi connectivity index (χ1) is 10.6. The van der Waals surface area contributed by atoms with Crippen molar-refractivity contribution in [3.8, 4) is 0 Å². The molecule has 0 bridgehead atoms. The Kier molecular flexibility index (Phi) is 5.00. The van der Waals surface area contributed by atoms with E-state index in [0.717, 1.165) is 12.6 Å². The van der Waals surface area contributed by atoms with Crippen LogP contribution < -0.4 is 0 Å². The molecule has 1 aromatic rings. The topological polar surface area (TPSA) is 46.2 Å². The summed E-state index contributed by atoms with van der Waals surface area (Å²) in [5, 5.41) is 13.8. The fourth-order valence-electron chi connectivity index (χ4n) is 3.74. The number of aliphatic hydroxyl groups excluding tert-OH is 1. The molecule has 0 radical (unpaired) electrons. The molecule has 0 spiro atoms. The molecule has 2 aliphatic rings. The van der Waals surface area contributed by atoms with E-state index in [4.69, 9.17) is 12.2 Å². The third kappa shape index (κ3) is 3.29. The van der Waals surface area contributed by atoms with Crippen molar-refractivity contribution in [2.75, 3.05) is 0 Å². The highest BCUT2D eigenvalue weighted by atomic mass is 32.1. The average Bonchev–Trinajstić information content (AvgIpc) is 3.35. The summed E-state index contributed by atoms with van der Waals surface area (Å²) in [6, 6.07) is 1.39. The molecule has 0 atom stereocenters. The van der Waals surface area contributed by atoms with Crippen LogP contribution in [0.5, 0.6) is 0 Å². The van der Waals surface area contributed by atoms with Gasteiger partial charge < -0.3 is 9.67 Å². The lowest BCUT2D eigenvalue weighted by Crippen LogP contribution is -2.41. The SMILES string of the molecule is CCC1CCC(N(Cn2nc(CO)n(C)c2=S)C2CC2)CC1. The molecule has 0 saturated heterocycles. The molecular formula is C16H28N4OS.